The highest BCUT2D eigenvalue weighted by atomic mass is 15.5. The van der Waals surface area contributed by atoms with Crippen LogP contribution in [0.2, 0.25) is 0 Å². The molecule has 0 fully saturated rings. The van der Waals surface area contributed by atoms with Gasteiger partial charge in [-0.1, -0.05) is 24.3 Å². The van der Waals surface area contributed by atoms with Crippen LogP contribution >= 0.6 is 0 Å². The first-order valence-electron chi connectivity index (χ1n) is 8.59. The SMILES string of the molecule is Cc1cc(-c2ccncc2)cc(C)c1/C=C/c1cncc(-c2nn[nH]n2)c1. The second kappa shape index (κ2) is 7.29. The van der Waals surface area contributed by atoms with Gasteiger partial charge >= 0.3 is 0 Å². The van der Waals surface area contributed by atoms with Gasteiger partial charge in [-0.15, -0.1) is 10.2 Å². The van der Waals surface area contributed by atoms with Crippen LogP contribution in [-0.4, -0.2) is 30.6 Å². The van der Waals surface area contributed by atoms with E-state index in [0.717, 1.165) is 11.1 Å². The Balaban J connectivity index is 1.64. The first-order valence-corrected chi connectivity index (χ1v) is 8.59. The van der Waals surface area contributed by atoms with Gasteiger partial charge in [-0.2, -0.15) is 5.21 Å². The average molecular weight is 354 g/mol. The van der Waals surface area contributed by atoms with Gasteiger partial charge in [0.05, 0.1) is 0 Å². The molecule has 3 heterocycles. The second-order valence-corrected chi connectivity index (χ2v) is 6.34. The largest absolute Gasteiger partial charge is 0.265 e. The number of nitrogens with one attached hydrogen (secondary N) is 1. The lowest BCUT2D eigenvalue weighted by Gasteiger charge is -2.10. The summed E-state index contributed by atoms with van der Waals surface area (Å²) in [6.45, 7) is 4.26. The summed E-state index contributed by atoms with van der Waals surface area (Å²) in [5, 5.41) is 14.0. The Kier molecular flexibility index (Phi) is 4.53. The highest BCUT2D eigenvalue weighted by molar-refractivity contribution is 5.76. The Morgan fingerprint density at radius 3 is 2.30 bits per heavy atom. The molecule has 6 nitrogen and oxygen atoms in total. The molecule has 3 aromatic heterocycles. The van der Waals surface area contributed by atoms with Gasteiger partial charge in [0, 0.05) is 30.4 Å². The first kappa shape index (κ1) is 16.8. The molecular weight excluding hydrogens is 336 g/mol. The van der Waals surface area contributed by atoms with E-state index in [0.29, 0.717) is 5.82 Å². The average Bonchev–Trinajstić information content (AvgIpc) is 3.23. The lowest BCUT2D eigenvalue weighted by Crippen LogP contribution is -1.90. The molecule has 27 heavy (non-hydrogen) atoms. The molecule has 4 aromatic rings. The normalized spacial score (nSPS) is 11.2. The van der Waals surface area contributed by atoms with Crippen molar-refractivity contribution in [3.8, 4) is 22.5 Å². The molecule has 0 saturated heterocycles. The van der Waals surface area contributed by atoms with Gasteiger partial charge in [0.15, 0.2) is 0 Å². The molecule has 0 amide bonds. The number of aryl methyl sites for hydroxylation is 2. The standard InChI is InChI=1S/C21H18N6/c1-14-9-18(17-5-7-22-8-6-17)10-15(2)20(14)4-3-16-11-19(13-23-12-16)21-24-26-27-25-21/h3-13H,1-2H3,(H,24,25,26,27)/b4-3+. The van der Waals surface area contributed by atoms with Gasteiger partial charge in [0.2, 0.25) is 5.82 Å². The highest BCUT2D eigenvalue weighted by Crippen LogP contribution is 2.26. The molecule has 6 heteroatoms. The number of hydrogen-bond acceptors (Lipinski definition) is 5. The molecule has 0 atom stereocenters. The number of pyridine rings is 2. The van der Waals surface area contributed by atoms with Gasteiger partial charge < -0.3 is 0 Å². The van der Waals surface area contributed by atoms with E-state index in [1.807, 2.05) is 36.8 Å². The molecule has 4 rings (SSSR count). The van der Waals surface area contributed by atoms with E-state index in [1.165, 1.54) is 27.8 Å². The molecule has 1 aromatic carbocycles. The fraction of sp³-hybridized carbons (Fsp3) is 0.0952. The number of hydrogen-bond donors (Lipinski definition) is 1. The van der Waals surface area contributed by atoms with Crippen molar-refractivity contribution < 1.29 is 0 Å². The molecule has 0 radical (unpaired) electrons. The van der Waals surface area contributed by atoms with Crippen molar-refractivity contribution in [2.45, 2.75) is 13.8 Å². The van der Waals surface area contributed by atoms with Gasteiger partial charge in [-0.05, 0) is 70.6 Å². The number of tetrazole rings is 1. The maximum Gasteiger partial charge on any atom is 0.206 e. The van der Waals surface area contributed by atoms with Gasteiger partial charge in [0.25, 0.3) is 0 Å². The van der Waals surface area contributed by atoms with Crippen LogP contribution in [0.3, 0.4) is 0 Å². The summed E-state index contributed by atoms with van der Waals surface area (Å²) in [5.41, 5.74) is 7.83. The summed E-state index contributed by atoms with van der Waals surface area (Å²) in [7, 11) is 0. The zero-order valence-electron chi connectivity index (χ0n) is 15.1. The number of rotatable bonds is 4. The first-order chi connectivity index (χ1) is 13.2. The molecular formula is C21H18N6. The molecule has 0 aliphatic heterocycles. The van der Waals surface area contributed by atoms with Crippen LogP contribution in [0.25, 0.3) is 34.7 Å². The van der Waals surface area contributed by atoms with Crippen LogP contribution in [0.5, 0.6) is 0 Å². The smallest absolute Gasteiger partial charge is 0.206 e. The Bertz CT molecular complexity index is 1060. The van der Waals surface area contributed by atoms with Crippen molar-refractivity contribution in [2.24, 2.45) is 0 Å². The number of aromatic amines is 1. The van der Waals surface area contributed by atoms with E-state index >= 15 is 0 Å². The van der Waals surface area contributed by atoms with Crippen molar-refractivity contribution in [3.63, 3.8) is 0 Å². The minimum absolute atomic E-state index is 0.534. The lowest BCUT2D eigenvalue weighted by molar-refractivity contribution is 0.881. The van der Waals surface area contributed by atoms with E-state index in [2.05, 4.69) is 68.7 Å². The van der Waals surface area contributed by atoms with Gasteiger partial charge in [0.1, 0.15) is 0 Å². The van der Waals surface area contributed by atoms with Crippen LogP contribution < -0.4 is 0 Å². The number of aromatic nitrogens is 6. The monoisotopic (exact) mass is 354 g/mol. The fourth-order valence-electron chi connectivity index (χ4n) is 3.08. The van der Waals surface area contributed by atoms with Crippen molar-refractivity contribution in [2.75, 3.05) is 0 Å². The zero-order valence-corrected chi connectivity index (χ0v) is 15.1. The van der Waals surface area contributed by atoms with Crippen LogP contribution in [0.15, 0.2) is 55.1 Å². The predicted octanol–water partition coefficient (Wildman–Crippen LogP) is 4.11. The molecule has 0 unspecified atom stereocenters. The minimum Gasteiger partial charge on any atom is -0.265 e. The predicted molar refractivity (Wildman–Crippen MR) is 105 cm³/mol. The minimum atomic E-state index is 0.534. The Hall–Kier alpha value is -3.67. The summed E-state index contributed by atoms with van der Waals surface area (Å²) in [5.74, 6) is 0.534. The Labute approximate surface area is 157 Å². The van der Waals surface area contributed by atoms with Crippen molar-refractivity contribution in [3.05, 3.63) is 77.4 Å². The third-order valence-corrected chi connectivity index (χ3v) is 4.41. The summed E-state index contributed by atoms with van der Waals surface area (Å²) >= 11 is 0. The van der Waals surface area contributed by atoms with Crippen LogP contribution in [0.1, 0.15) is 22.3 Å². The van der Waals surface area contributed by atoms with Crippen molar-refractivity contribution >= 4 is 12.2 Å². The van der Waals surface area contributed by atoms with E-state index in [9.17, 15) is 0 Å². The van der Waals surface area contributed by atoms with Crippen LogP contribution in [0, 0.1) is 13.8 Å². The topological polar surface area (TPSA) is 80.2 Å². The van der Waals surface area contributed by atoms with E-state index < -0.39 is 0 Å². The molecule has 0 spiro atoms. The number of benzene rings is 1. The lowest BCUT2D eigenvalue weighted by atomic mass is 9.95. The van der Waals surface area contributed by atoms with Crippen molar-refractivity contribution in [1.82, 2.24) is 30.6 Å². The van der Waals surface area contributed by atoms with E-state index in [4.69, 9.17) is 0 Å². The van der Waals surface area contributed by atoms with Crippen LogP contribution in [-0.2, 0) is 0 Å². The third-order valence-electron chi connectivity index (χ3n) is 4.41. The summed E-state index contributed by atoms with van der Waals surface area (Å²) in [6.07, 6.45) is 11.4. The van der Waals surface area contributed by atoms with Crippen LogP contribution in [0.4, 0.5) is 0 Å². The molecule has 0 saturated carbocycles. The van der Waals surface area contributed by atoms with Crippen molar-refractivity contribution in [1.29, 1.82) is 0 Å². The Morgan fingerprint density at radius 2 is 1.59 bits per heavy atom. The molecule has 1 N–H and O–H groups in total. The summed E-state index contributed by atoms with van der Waals surface area (Å²) in [6, 6.07) is 10.5. The zero-order chi connectivity index (χ0) is 18.6. The van der Waals surface area contributed by atoms with E-state index in [-0.39, 0.29) is 0 Å². The van der Waals surface area contributed by atoms with Gasteiger partial charge in [-0.25, -0.2) is 0 Å². The van der Waals surface area contributed by atoms with E-state index in [1.54, 1.807) is 6.20 Å². The number of H-pyrrole nitrogens is 1. The summed E-state index contributed by atoms with van der Waals surface area (Å²) in [4.78, 5) is 8.36. The molecule has 0 aliphatic carbocycles. The fourth-order valence-corrected chi connectivity index (χ4v) is 3.08. The maximum atomic E-state index is 4.27. The van der Waals surface area contributed by atoms with Gasteiger partial charge in [-0.3, -0.25) is 9.97 Å². The quantitative estimate of drug-likeness (QED) is 0.596. The third kappa shape index (κ3) is 3.64. The summed E-state index contributed by atoms with van der Waals surface area (Å²) < 4.78 is 0. The molecule has 0 bridgehead atoms. The maximum absolute atomic E-state index is 4.27. The molecule has 0 aliphatic rings. The molecule has 132 valence electrons. The Morgan fingerprint density at radius 1 is 0.815 bits per heavy atom. The number of nitrogens with zero attached hydrogens (tertiary/aromatic N) is 5. The second-order valence-electron chi connectivity index (χ2n) is 6.34. The highest BCUT2D eigenvalue weighted by Gasteiger charge is 2.06.